The van der Waals surface area contributed by atoms with Crippen molar-refractivity contribution in [2.45, 2.75) is 25.6 Å². The van der Waals surface area contributed by atoms with Gasteiger partial charge in [0.1, 0.15) is 0 Å². The number of benzene rings is 1. The lowest BCUT2D eigenvalue weighted by Gasteiger charge is -2.24. The number of anilines is 1. The second-order valence-electron chi connectivity index (χ2n) is 4.74. The Kier molecular flexibility index (Phi) is 4.34. The molecule has 0 amide bonds. The van der Waals surface area contributed by atoms with Gasteiger partial charge in [0.2, 0.25) is 0 Å². The highest BCUT2D eigenvalue weighted by molar-refractivity contribution is 5.57. The fraction of sp³-hybridized carbons (Fsp3) is 0.538. The van der Waals surface area contributed by atoms with E-state index in [-0.39, 0.29) is 18.4 Å². The Morgan fingerprint density at radius 3 is 2.95 bits per heavy atom. The average Bonchev–Trinajstić information content (AvgIpc) is 2.90. The lowest BCUT2D eigenvalue weighted by Crippen LogP contribution is -2.29. The number of nitrogens with zero attached hydrogens (tertiary/aromatic N) is 2. The molecule has 1 unspecified atom stereocenters. The van der Waals surface area contributed by atoms with Gasteiger partial charge in [0.05, 0.1) is 17.6 Å². The average molecular weight is 266 g/mol. The summed E-state index contributed by atoms with van der Waals surface area (Å²) in [4.78, 5) is 12.2. The van der Waals surface area contributed by atoms with Crippen molar-refractivity contribution >= 4 is 11.4 Å². The molecule has 0 bridgehead atoms. The molecule has 1 N–H and O–H groups in total. The number of non-ortho nitro benzene ring substituents is 1. The van der Waals surface area contributed by atoms with Crippen LogP contribution >= 0.6 is 0 Å². The van der Waals surface area contributed by atoms with Gasteiger partial charge in [0.15, 0.2) is 0 Å². The summed E-state index contributed by atoms with van der Waals surface area (Å²) in [6, 6.07) is 4.56. The summed E-state index contributed by atoms with van der Waals surface area (Å²) in [5.74, 6) is 0. The van der Waals surface area contributed by atoms with E-state index >= 15 is 0 Å². The molecule has 6 nitrogen and oxygen atoms in total. The van der Waals surface area contributed by atoms with Gasteiger partial charge in [-0.2, -0.15) is 0 Å². The highest BCUT2D eigenvalue weighted by Gasteiger charge is 2.19. The first kappa shape index (κ1) is 13.8. The highest BCUT2D eigenvalue weighted by atomic mass is 16.6. The number of nitro benzene ring substituents is 1. The lowest BCUT2D eigenvalue weighted by atomic mass is 10.1. The zero-order valence-electron chi connectivity index (χ0n) is 10.9. The topological polar surface area (TPSA) is 75.8 Å². The van der Waals surface area contributed by atoms with E-state index in [1.807, 2.05) is 11.9 Å². The molecule has 1 aromatic rings. The number of aliphatic hydroxyl groups is 1. The van der Waals surface area contributed by atoms with E-state index in [0.29, 0.717) is 5.56 Å². The fourth-order valence-corrected chi connectivity index (χ4v) is 2.38. The van der Waals surface area contributed by atoms with Crippen LogP contribution in [0, 0.1) is 10.1 Å². The van der Waals surface area contributed by atoms with Crippen LogP contribution in [0.15, 0.2) is 18.2 Å². The van der Waals surface area contributed by atoms with Crippen LogP contribution in [0.25, 0.3) is 0 Å². The lowest BCUT2D eigenvalue weighted by molar-refractivity contribution is -0.384. The third-order valence-corrected chi connectivity index (χ3v) is 3.36. The Morgan fingerprint density at radius 2 is 2.37 bits per heavy atom. The maximum Gasteiger partial charge on any atom is 0.269 e. The van der Waals surface area contributed by atoms with E-state index in [2.05, 4.69) is 0 Å². The molecule has 1 saturated heterocycles. The molecule has 19 heavy (non-hydrogen) atoms. The van der Waals surface area contributed by atoms with Crippen molar-refractivity contribution in [1.29, 1.82) is 0 Å². The molecule has 1 heterocycles. The second kappa shape index (κ2) is 5.99. The largest absolute Gasteiger partial charge is 0.392 e. The molecule has 0 aromatic heterocycles. The van der Waals surface area contributed by atoms with Gasteiger partial charge < -0.3 is 14.7 Å². The SMILES string of the molecule is CN(CC1CCCO1)c1ccc([N+](=O)[O-])cc1CO. The molecule has 1 aliphatic rings. The zero-order valence-corrected chi connectivity index (χ0v) is 10.9. The summed E-state index contributed by atoms with van der Waals surface area (Å²) < 4.78 is 5.57. The van der Waals surface area contributed by atoms with Gasteiger partial charge in [-0.15, -0.1) is 0 Å². The number of hydrogen-bond acceptors (Lipinski definition) is 5. The minimum Gasteiger partial charge on any atom is -0.392 e. The Labute approximate surface area is 111 Å². The molecule has 0 saturated carbocycles. The number of hydrogen-bond donors (Lipinski definition) is 1. The van der Waals surface area contributed by atoms with Crippen LogP contribution in [-0.2, 0) is 11.3 Å². The van der Waals surface area contributed by atoms with Crippen LogP contribution in [0.3, 0.4) is 0 Å². The van der Waals surface area contributed by atoms with Crippen LogP contribution in [0.5, 0.6) is 0 Å². The summed E-state index contributed by atoms with van der Waals surface area (Å²) in [5.41, 5.74) is 1.37. The minimum atomic E-state index is -0.455. The molecule has 104 valence electrons. The molecule has 1 atom stereocenters. The third kappa shape index (κ3) is 3.21. The van der Waals surface area contributed by atoms with Gasteiger partial charge in [-0.05, 0) is 18.9 Å². The molecule has 2 rings (SSSR count). The van der Waals surface area contributed by atoms with Crippen molar-refractivity contribution < 1.29 is 14.8 Å². The van der Waals surface area contributed by atoms with Gasteiger partial charge in [-0.3, -0.25) is 10.1 Å². The van der Waals surface area contributed by atoms with Crippen molar-refractivity contribution in [2.75, 3.05) is 25.1 Å². The summed E-state index contributed by atoms with van der Waals surface area (Å²) in [6.07, 6.45) is 2.31. The number of ether oxygens (including phenoxy) is 1. The summed E-state index contributed by atoms with van der Waals surface area (Å²) in [6.45, 7) is 1.31. The van der Waals surface area contributed by atoms with Crippen LogP contribution in [0.2, 0.25) is 0 Å². The molecule has 0 radical (unpaired) electrons. The Hall–Kier alpha value is -1.66. The molecule has 1 aromatic carbocycles. The van der Waals surface area contributed by atoms with E-state index in [0.717, 1.165) is 31.7 Å². The van der Waals surface area contributed by atoms with E-state index in [9.17, 15) is 15.2 Å². The number of rotatable bonds is 5. The van der Waals surface area contributed by atoms with Gasteiger partial charge in [-0.25, -0.2) is 0 Å². The van der Waals surface area contributed by atoms with Crippen molar-refractivity contribution in [3.05, 3.63) is 33.9 Å². The van der Waals surface area contributed by atoms with Crippen molar-refractivity contribution in [3.8, 4) is 0 Å². The first-order chi connectivity index (χ1) is 9.11. The highest BCUT2D eigenvalue weighted by Crippen LogP contribution is 2.26. The van der Waals surface area contributed by atoms with Crippen LogP contribution < -0.4 is 4.90 Å². The van der Waals surface area contributed by atoms with Crippen LogP contribution in [0.1, 0.15) is 18.4 Å². The molecule has 1 fully saturated rings. The minimum absolute atomic E-state index is 0.00156. The van der Waals surface area contributed by atoms with Crippen molar-refractivity contribution in [2.24, 2.45) is 0 Å². The number of nitro groups is 1. The molecule has 6 heteroatoms. The quantitative estimate of drug-likeness (QED) is 0.648. The molecule has 1 aliphatic heterocycles. The summed E-state index contributed by atoms with van der Waals surface area (Å²) in [5, 5.41) is 20.1. The monoisotopic (exact) mass is 266 g/mol. The van der Waals surface area contributed by atoms with Crippen LogP contribution in [0.4, 0.5) is 11.4 Å². The first-order valence-electron chi connectivity index (χ1n) is 6.32. The molecule has 0 spiro atoms. The second-order valence-corrected chi connectivity index (χ2v) is 4.74. The fourth-order valence-electron chi connectivity index (χ4n) is 2.38. The van der Waals surface area contributed by atoms with Gasteiger partial charge in [-0.1, -0.05) is 0 Å². The van der Waals surface area contributed by atoms with Gasteiger partial charge in [0.25, 0.3) is 5.69 Å². The maximum absolute atomic E-state index is 10.7. The third-order valence-electron chi connectivity index (χ3n) is 3.36. The number of aliphatic hydroxyl groups excluding tert-OH is 1. The van der Waals surface area contributed by atoms with Gasteiger partial charge in [0, 0.05) is 43.6 Å². The summed E-state index contributed by atoms with van der Waals surface area (Å²) >= 11 is 0. The Bertz CT molecular complexity index is 458. The van der Waals surface area contributed by atoms with E-state index in [1.165, 1.54) is 12.1 Å². The standard InChI is InChI=1S/C13H18N2O4/c1-14(8-12-3-2-6-19-12)13-5-4-11(15(17)18)7-10(13)9-16/h4-5,7,12,16H,2-3,6,8-9H2,1H3. The smallest absolute Gasteiger partial charge is 0.269 e. The molecular weight excluding hydrogens is 248 g/mol. The molecule has 0 aliphatic carbocycles. The van der Waals surface area contributed by atoms with Crippen LogP contribution in [-0.4, -0.2) is 36.3 Å². The first-order valence-corrected chi connectivity index (χ1v) is 6.32. The van der Waals surface area contributed by atoms with E-state index < -0.39 is 4.92 Å². The van der Waals surface area contributed by atoms with Crippen molar-refractivity contribution in [3.63, 3.8) is 0 Å². The predicted octanol–water partition coefficient (Wildman–Crippen LogP) is 1.70. The maximum atomic E-state index is 10.7. The number of likely N-dealkylation sites (N-methyl/N-ethyl adjacent to an activating group) is 1. The Balaban J connectivity index is 2.15. The molecular formula is C13H18N2O4. The van der Waals surface area contributed by atoms with Crippen molar-refractivity contribution in [1.82, 2.24) is 0 Å². The van der Waals surface area contributed by atoms with E-state index in [4.69, 9.17) is 4.74 Å². The predicted molar refractivity (Wildman–Crippen MR) is 71.3 cm³/mol. The van der Waals surface area contributed by atoms with E-state index in [1.54, 1.807) is 6.07 Å². The van der Waals surface area contributed by atoms with Gasteiger partial charge >= 0.3 is 0 Å². The zero-order chi connectivity index (χ0) is 13.8. The summed E-state index contributed by atoms with van der Waals surface area (Å²) in [7, 11) is 1.90. The Morgan fingerprint density at radius 1 is 1.58 bits per heavy atom. The normalized spacial score (nSPS) is 18.5.